The minimum Gasteiger partial charge on any atom is -0.314 e. The molecule has 0 aliphatic carbocycles. The molecule has 2 rings (SSSR count). The topological polar surface area (TPSA) is 58.4 Å². The van der Waals surface area contributed by atoms with Gasteiger partial charge in [0.1, 0.15) is 0 Å². The third-order valence-corrected chi connectivity index (χ3v) is 4.20. The summed E-state index contributed by atoms with van der Waals surface area (Å²) in [5.74, 6) is 0. The molecule has 1 aliphatic rings. The Kier molecular flexibility index (Phi) is 5.96. The summed E-state index contributed by atoms with van der Waals surface area (Å²) in [5, 5.41) is 15.2. The smallest absolute Gasteiger partial charge is 0.274 e. The van der Waals surface area contributed by atoms with Gasteiger partial charge in [0.25, 0.3) is 5.69 Å². The lowest BCUT2D eigenvalue weighted by molar-refractivity contribution is -0.386. The molecule has 0 radical (unpaired) electrons. The van der Waals surface area contributed by atoms with Crippen molar-refractivity contribution in [1.82, 2.24) is 10.2 Å². The van der Waals surface area contributed by atoms with E-state index < -0.39 is 0 Å². The number of rotatable bonds is 6. The summed E-state index contributed by atoms with van der Waals surface area (Å²) < 4.78 is 0. The van der Waals surface area contributed by atoms with E-state index in [0.717, 1.165) is 51.0 Å². The van der Waals surface area contributed by atoms with Crippen LogP contribution in [0.25, 0.3) is 0 Å². The largest absolute Gasteiger partial charge is 0.314 e. The maximum Gasteiger partial charge on any atom is 0.274 e. The minimum absolute atomic E-state index is 0.0751. The first-order valence-electron chi connectivity index (χ1n) is 7.52. The van der Waals surface area contributed by atoms with Crippen molar-refractivity contribution in [2.45, 2.75) is 32.2 Å². The molecule has 0 amide bonds. The SMILES string of the molecule is CCCC[C@@H](c1cc(Cl)ccc1[N+](=O)[O-])N1CCNCC1. The second-order valence-electron chi connectivity index (χ2n) is 5.40. The average Bonchev–Trinajstić information content (AvgIpc) is 2.48. The Hall–Kier alpha value is -1.17. The van der Waals surface area contributed by atoms with Crippen molar-refractivity contribution in [3.63, 3.8) is 0 Å². The zero-order chi connectivity index (χ0) is 15.2. The van der Waals surface area contributed by atoms with Crippen molar-refractivity contribution in [2.75, 3.05) is 26.2 Å². The highest BCUT2D eigenvalue weighted by molar-refractivity contribution is 6.30. The maximum absolute atomic E-state index is 11.3. The zero-order valence-corrected chi connectivity index (χ0v) is 13.1. The summed E-state index contributed by atoms with van der Waals surface area (Å²) in [6.45, 7) is 5.82. The van der Waals surface area contributed by atoms with Gasteiger partial charge < -0.3 is 5.32 Å². The van der Waals surface area contributed by atoms with Gasteiger partial charge in [-0.05, 0) is 18.6 Å². The van der Waals surface area contributed by atoms with Gasteiger partial charge in [0.05, 0.1) is 4.92 Å². The number of benzene rings is 1. The molecule has 21 heavy (non-hydrogen) atoms. The number of halogens is 1. The van der Waals surface area contributed by atoms with Crippen LogP contribution >= 0.6 is 11.6 Å². The first-order valence-corrected chi connectivity index (χ1v) is 7.90. The Bertz CT molecular complexity index is 490. The molecule has 116 valence electrons. The van der Waals surface area contributed by atoms with Gasteiger partial charge in [-0.15, -0.1) is 0 Å². The normalized spacial score (nSPS) is 17.6. The second kappa shape index (κ2) is 7.73. The molecule has 0 saturated carbocycles. The fraction of sp³-hybridized carbons (Fsp3) is 0.600. The van der Waals surface area contributed by atoms with Crippen LogP contribution in [-0.2, 0) is 0 Å². The standard InChI is InChI=1S/C15H22ClN3O2/c1-2-3-4-14(18-9-7-17-8-10-18)13-11-12(16)5-6-15(13)19(20)21/h5-6,11,14,17H,2-4,7-10H2,1H3/t14-/m0/s1. The number of unbranched alkanes of at least 4 members (excludes halogenated alkanes) is 1. The van der Waals surface area contributed by atoms with Crippen LogP contribution in [-0.4, -0.2) is 36.0 Å². The highest BCUT2D eigenvalue weighted by Crippen LogP contribution is 2.35. The van der Waals surface area contributed by atoms with Gasteiger partial charge in [-0.25, -0.2) is 0 Å². The van der Waals surface area contributed by atoms with E-state index in [0.29, 0.717) is 5.02 Å². The number of nitro groups is 1. The lowest BCUT2D eigenvalue weighted by atomic mass is 9.97. The van der Waals surface area contributed by atoms with Crippen LogP contribution in [0.1, 0.15) is 37.8 Å². The van der Waals surface area contributed by atoms with Gasteiger partial charge in [0.2, 0.25) is 0 Å². The average molecular weight is 312 g/mol. The van der Waals surface area contributed by atoms with Crippen LogP contribution in [0.5, 0.6) is 0 Å². The number of nitro benzene ring substituents is 1. The van der Waals surface area contributed by atoms with Crippen molar-refractivity contribution in [3.05, 3.63) is 38.9 Å². The third-order valence-electron chi connectivity index (χ3n) is 3.97. The second-order valence-corrected chi connectivity index (χ2v) is 5.84. The summed E-state index contributed by atoms with van der Waals surface area (Å²) in [7, 11) is 0. The van der Waals surface area contributed by atoms with E-state index in [1.54, 1.807) is 12.1 Å². The molecular formula is C15H22ClN3O2. The van der Waals surface area contributed by atoms with E-state index in [1.807, 2.05) is 0 Å². The van der Waals surface area contributed by atoms with Gasteiger partial charge >= 0.3 is 0 Å². The van der Waals surface area contributed by atoms with Crippen LogP contribution in [0.2, 0.25) is 5.02 Å². The van der Waals surface area contributed by atoms with Crippen molar-refractivity contribution >= 4 is 17.3 Å². The third kappa shape index (κ3) is 4.15. The molecule has 1 fully saturated rings. The maximum atomic E-state index is 11.3. The van der Waals surface area contributed by atoms with Gasteiger partial charge in [0, 0.05) is 48.9 Å². The first kappa shape index (κ1) is 16.2. The van der Waals surface area contributed by atoms with Crippen LogP contribution in [0.3, 0.4) is 0 Å². The Morgan fingerprint density at radius 3 is 2.76 bits per heavy atom. The molecule has 1 atom stereocenters. The summed E-state index contributed by atoms with van der Waals surface area (Å²) in [6.07, 6.45) is 3.06. The number of piperazine rings is 1. The number of hydrogen-bond donors (Lipinski definition) is 1. The number of nitrogens with one attached hydrogen (secondary N) is 1. The Labute approximate surface area is 130 Å². The minimum atomic E-state index is -0.299. The molecule has 1 aliphatic heterocycles. The van der Waals surface area contributed by atoms with Gasteiger partial charge in [-0.3, -0.25) is 15.0 Å². The summed E-state index contributed by atoms with van der Waals surface area (Å²) in [4.78, 5) is 13.4. The summed E-state index contributed by atoms with van der Waals surface area (Å²) in [5.41, 5.74) is 0.932. The molecule has 5 nitrogen and oxygen atoms in total. The van der Waals surface area contributed by atoms with E-state index in [2.05, 4.69) is 17.1 Å². The van der Waals surface area contributed by atoms with Crippen LogP contribution in [0.15, 0.2) is 18.2 Å². The van der Waals surface area contributed by atoms with E-state index in [9.17, 15) is 10.1 Å². The lowest BCUT2D eigenvalue weighted by Crippen LogP contribution is -2.45. The monoisotopic (exact) mass is 311 g/mol. The summed E-state index contributed by atoms with van der Waals surface area (Å²) in [6, 6.07) is 4.96. The van der Waals surface area contributed by atoms with Crippen LogP contribution in [0, 0.1) is 10.1 Å². The van der Waals surface area contributed by atoms with Gasteiger partial charge in [-0.1, -0.05) is 31.4 Å². The quantitative estimate of drug-likeness (QED) is 0.646. The molecule has 0 unspecified atom stereocenters. The summed E-state index contributed by atoms with van der Waals surface area (Å²) >= 11 is 6.09. The molecule has 1 saturated heterocycles. The number of nitrogens with zero attached hydrogens (tertiary/aromatic N) is 2. The molecule has 1 aromatic rings. The van der Waals surface area contributed by atoms with Crippen molar-refractivity contribution in [3.8, 4) is 0 Å². The fourth-order valence-corrected chi connectivity index (χ4v) is 3.07. The van der Waals surface area contributed by atoms with Crippen molar-refractivity contribution < 1.29 is 4.92 Å². The highest BCUT2D eigenvalue weighted by Gasteiger charge is 2.28. The fourth-order valence-electron chi connectivity index (χ4n) is 2.88. The Morgan fingerprint density at radius 1 is 1.43 bits per heavy atom. The molecule has 6 heteroatoms. The molecule has 1 N–H and O–H groups in total. The van der Waals surface area contributed by atoms with E-state index in [1.165, 1.54) is 6.07 Å². The first-order chi connectivity index (χ1) is 10.1. The molecule has 1 heterocycles. The van der Waals surface area contributed by atoms with Crippen LogP contribution in [0.4, 0.5) is 5.69 Å². The molecule has 0 spiro atoms. The predicted octanol–water partition coefficient (Wildman–Crippen LogP) is 3.38. The molecular weight excluding hydrogens is 290 g/mol. The van der Waals surface area contributed by atoms with Crippen molar-refractivity contribution in [1.29, 1.82) is 0 Å². The van der Waals surface area contributed by atoms with E-state index >= 15 is 0 Å². The molecule has 0 aromatic heterocycles. The molecule has 1 aromatic carbocycles. The van der Waals surface area contributed by atoms with Gasteiger partial charge in [0.15, 0.2) is 0 Å². The number of hydrogen-bond acceptors (Lipinski definition) is 4. The highest BCUT2D eigenvalue weighted by atomic mass is 35.5. The van der Waals surface area contributed by atoms with Crippen LogP contribution < -0.4 is 5.32 Å². The Morgan fingerprint density at radius 2 is 2.14 bits per heavy atom. The van der Waals surface area contributed by atoms with E-state index in [4.69, 9.17) is 11.6 Å². The van der Waals surface area contributed by atoms with Gasteiger partial charge in [-0.2, -0.15) is 0 Å². The van der Waals surface area contributed by atoms with E-state index in [-0.39, 0.29) is 16.7 Å². The van der Waals surface area contributed by atoms with Crippen molar-refractivity contribution in [2.24, 2.45) is 0 Å². The zero-order valence-electron chi connectivity index (χ0n) is 12.3. The lowest BCUT2D eigenvalue weighted by Gasteiger charge is -2.35. The Balaban J connectivity index is 2.34. The predicted molar refractivity (Wildman–Crippen MR) is 84.8 cm³/mol. The molecule has 0 bridgehead atoms.